The van der Waals surface area contributed by atoms with Crippen LogP contribution in [-0.4, -0.2) is 10.1 Å². The fraction of sp³-hybridized carbons (Fsp3) is 0.154. The van der Waals surface area contributed by atoms with Gasteiger partial charge in [-0.05, 0) is 40.5 Å². The highest BCUT2D eigenvalue weighted by Gasteiger charge is 2.07. The Hall–Kier alpha value is -1.26. The van der Waals surface area contributed by atoms with E-state index in [1.54, 1.807) is 12.3 Å². The van der Waals surface area contributed by atoms with Crippen molar-refractivity contribution in [2.75, 3.05) is 5.32 Å². The van der Waals surface area contributed by atoms with E-state index in [0.717, 1.165) is 16.8 Å². The minimum Gasteiger partial charge on any atom is -0.506 e. The Bertz CT molecular complexity index is 555. The van der Waals surface area contributed by atoms with Crippen molar-refractivity contribution in [3.8, 4) is 5.75 Å². The summed E-state index contributed by atoms with van der Waals surface area (Å²) in [5.74, 6) is 0.239. The number of aromatic nitrogens is 1. The molecule has 0 amide bonds. The van der Waals surface area contributed by atoms with Crippen molar-refractivity contribution in [2.24, 2.45) is 0 Å². The third kappa shape index (κ3) is 2.76. The lowest BCUT2D eigenvalue weighted by Crippen LogP contribution is -2.03. The lowest BCUT2D eigenvalue weighted by atomic mass is 10.2. The first-order chi connectivity index (χ1) is 8.59. The highest BCUT2D eigenvalue weighted by molar-refractivity contribution is 9.10. The monoisotopic (exact) mass is 326 g/mol. The Morgan fingerprint density at radius 3 is 2.89 bits per heavy atom. The highest BCUT2D eigenvalue weighted by atomic mass is 79.9. The maximum Gasteiger partial charge on any atom is 0.152 e. The molecule has 3 nitrogen and oxygen atoms in total. The second-order valence-electron chi connectivity index (χ2n) is 3.89. The molecule has 0 saturated heterocycles. The molecule has 2 rings (SSSR count). The molecule has 0 aliphatic heterocycles. The molecule has 1 aromatic heterocycles. The van der Waals surface area contributed by atoms with Crippen molar-refractivity contribution in [3.63, 3.8) is 0 Å². The molecular weight excluding hydrogens is 316 g/mol. The van der Waals surface area contributed by atoms with Gasteiger partial charge in [0.2, 0.25) is 0 Å². The zero-order valence-corrected chi connectivity index (χ0v) is 12.1. The van der Waals surface area contributed by atoms with Crippen LogP contribution < -0.4 is 5.32 Å². The maximum absolute atomic E-state index is 9.88. The normalized spacial score (nSPS) is 10.4. The SMILES string of the molecule is Cc1ccnc(Cl)c1NCc1cccc(Br)c1O. The van der Waals surface area contributed by atoms with Crippen LogP contribution in [0.3, 0.4) is 0 Å². The molecule has 0 saturated carbocycles. The summed E-state index contributed by atoms with van der Waals surface area (Å²) in [4.78, 5) is 4.02. The van der Waals surface area contributed by atoms with Gasteiger partial charge in [0.25, 0.3) is 0 Å². The number of hydrogen-bond acceptors (Lipinski definition) is 3. The number of para-hydroxylation sites is 1. The van der Waals surface area contributed by atoms with Crippen LogP contribution in [0, 0.1) is 6.92 Å². The van der Waals surface area contributed by atoms with Crippen molar-refractivity contribution in [3.05, 3.63) is 51.2 Å². The summed E-state index contributed by atoms with van der Waals surface area (Å²) in [5.41, 5.74) is 2.60. The van der Waals surface area contributed by atoms with E-state index >= 15 is 0 Å². The van der Waals surface area contributed by atoms with Crippen LogP contribution >= 0.6 is 27.5 Å². The summed E-state index contributed by atoms with van der Waals surface area (Å²) in [6.07, 6.45) is 1.67. The van der Waals surface area contributed by atoms with Gasteiger partial charge in [-0.25, -0.2) is 4.98 Å². The molecule has 1 heterocycles. The Morgan fingerprint density at radius 2 is 2.17 bits per heavy atom. The average Bonchev–Trinajstić information content (AvgIpc) is 2.33. The molecule has 0 atom stereocenters. The molecule has 5 heteroatoms. The molecular formula is C13H12BrClN2O. The molecule has 0 spiro atoms. The summed E-state index contributed by atoms with van der Waals surface area (Å²) in [6.45, 7) is 2.44. The number of aryl methyl sites for hydroxylation is 1. The quantitative estimate of drug-likeness (QED) is 0.833. The molecule has 0 aliphatic rings. The van der Waals surface area contributed by atoms with Gasteiger partial charge in [-0.2, -0.15) is 0 Å². The van der Waals surface area contributed by atoms with Gasteiger partial charge in [0.05, 0.1) is 10.2 Å². The number of phenols is 1. The number of benzene rings is 1. The van der Waals surface area contributed by atoms with Crippen LogP contribution in [0.1, 0.15) is 11.1 Å². The van der Waals surface area contributed by atoms with Crippen molar-refractivity contribution in [1.82, 2.24) is 4.98 Å². The van der Waals surface area contributed by atoms with Crippen molar-refractivity contribution >= 4 is 33.2 Å². The summed E-state index contributed by atoms with van der Waals surface area (Å²) in [6, 6.07) is 7.40. The average molecular weight is 328 g/mol. The molecule has 18 heavy (non-hydrogen) atoms. The Morgan fingerprint density at radius 1 is 1.39 bits per heavy atom. The van der Waals surface area contributed by atoms with Gasteiger partial charge in [-0.15, -0.1) is 0 Å². The molecule has 2 aromatic rings. The largest absolute Gasteiger partial charge is 0.506 e. The molecule has 2 N–H and O–H groups in total. The number of rotatable bonds is 3. The fourth-order valence-electron chi connectivity index (χ4n) is 1.62. The zero-order chi connectivity index (χ0) is 13.1. The van der Waals surface area contributed by atoms with E-state index in [1.165, 1.54) is 0 Å². The zero-order valence-electron chi connectivity index (χ0n) is 9.74. The molecule has 94 valence electrons. The molecule has 1 aromatic carbocycles. The van der Waals surface area contributed by atoms with Crippen LogP contribution in [0.25, 0.3) is 0 Å². The smallest absolute Gasteiger partial charge is 0.152 e. The predicted octanol–water partition coefficient (Wildman–Crippen LogP) is 4.12. The van der Waals surface area contributed by atoms with E-state index in [9.17, 15) is 5.11 Å². The van der Waals surface area contributed by atoms with Crippen LogP contribution in [0.5, 0.6) is 5.75 Å². The second kappa shape index (κ2) is 5.59. The number of anilines is 1. The Balaban J connectivity index is 2.19. The first kappa shape index (κ1) is 13.2. The van der Waals surface area contributed by atoms with E-state index in [2.05, 4.69) is 26.2 Å². The molecule has 0 radical (unpaired) electrons. The maximum atomic E-state index is 9.88. The van der Waals surface area contributed by atoms with Gasteiger partial charge < -0.3 is 10.4 Å². The lowest BCUT2D eigenvalue weighted by molar-refractivity contribution is 0.465. The summed E-state index contributed by atoms with van der Waals surface area (Å²) >= 11 is 9.31. The van der Waals surface area contributed by atoms with Crippen LogP contribution in [0.4, 0.5) is 5.69 Å². The summed E-state index contributed by atoms with van der Waals surface area (Å²) < 4.78 is 0.677. The van der Waals surface area contributed by atoms with E-state index in [1.807, 2.05) is 25.1 Å². The molecule has 0 bridgehead atoms. The molecule has 0 fully saturated rings. The van der Waals surface area contributed by atoms with E-state index in [4.69, 9.17) is 11.6 Å². The number of halogens is 2. The van der Waals surface area contributed by atoms with Gasteiger partial charge in [-0.3, -0.25) is 0 Å². The number of nitrogens with zero attached hydrogens (tertiary/aromatic N) is 1. The van der Waals surface area contributed by atoms with E-state index < -0.39 is 0 Å². The summed E-state index contributed by atoms with van der Waals surface area (Å²) in [7, 11) is 0. The standard InChI is InChI=1S/C13H12BrClN2O/c1-8-5-6-16-13(15)11(8)17-7-9-3-2-4-10(14)12(9)18/h2-6,17-18H,7H2,1H3. The number of aromatic hydroxyl groups is 1. The van der Waals surface area contributed by atoms with Crippen LogP contribution in [-0.2, 0) is 6.54 Å². The highest BCUT2D eigenvalue weighted by Crippen LogP contribution is 2.29. The van der Waals surface area contributed by atoms with Gasteiger partial charge in [0, 0.05) is 18.3 Å². The minimum absolute atomic E-state index is 0.239. The van der Waals surface area contributed by atoms with E-state index in [0.29, 0.717) is 16.2 Å². The van der Waals surface area contributed by atoms with E-state index in [-0.39, 0.29) is 5.75 Å². The Labute approximate surface area is 119 Å². The third-order valence-electron chi connectivity index (χ3n) is 2.64. The predicted molar refractivity (Wildman–Crippen MR) is 77.1 cm³/mol. The summed E-state index contributed by atoms with van der Waals surface area (Å²) in [5, 5.41) is 13.5. The topological polar surface area (TPSA) is 45.2 Å². The van der Waals surface area contributed by atoms with Crippen molar-refractivity contribution in [2.45, 2.75) is 13.5 Å². The molecule has 0 aliphatic carbocycles. The number of hydrogen-bond donors (Lipinski definition) is 2. The lowest BCUT2D eigenvalue weighted by Gasteiger charge is -2.12. The van der Waals surface area contributed by atoms with Crippen LogP contribution in [0.2, 0.25) is 5.15 Å². The minimum atomic E-state index is 0.239. The third-order valence-corrected chi connectivity index (χ3v) is 3.57. The van der Waals surface area contributed by atoms with Crippen molar-refractivity contribution < 1.29 is 5.11 Å². The van der Waals surface area contributed by atoms with Gasteiger partial charge >= 0.3 is 0 Å². The van der Waals surface area contributed by atoms with Crippen LogP contribution in [0.15, 0.2) is 34.9 Å². The number of nitrogens with one attached hydrogen (secondary N) is 1. The second-order valence-corrected chi connectivity index (χ2v) is 5.11. The Kier molecular flexibility index (Phi) is 4.09. The van der Waals surface area contributed by atoms with Gasteiger partial charge in [0.15, 0.2) is 5.15 Å². The molecule has 0 unspecified atom stereocenters. The van der Waals surface area contributed by atoms with Crippen molar-refractivity contribution in [1.29, 1.82) is 0 Å². The first-order valence-corrected chi connectivity index (χ1v) is 6.58. The fourth-order valence-corrected chi connectivity index (χ4v) is 2.30. The number of pyridine rings is 1. The van der Waals surface area contributed by atoms with Gasteiger partial charge in [0.1, 0.15) is 5.75 Å². The number of phenolic OH excluding ortho intramolecular Hbond substituents is 1. The van der Waals surface area contributed by atoms with Gasteiger partial charge in [-0.1, -0.05) is 23.7 Å². The first-order valence-electron chi connectivity index (χ1n) is 5.41.